The quantitative estimate of drug-likeness (QED) is 0.448. The van der Waals surface area contributed by atoms with Crippen LogP contribution in [0.4, 0.5) is 0 Å². The average Bonchev–Trinajstić information content (AvgIpc) is 2.76. The lowest BCUT2D eigenvalue weighted by atomic mass is 10.3. The Labute approximate surface area is 180 Å². The summed E-state index contributed by atoms with van der Waals surface area (Å²) in [5.41, 5.74) is 0.582. The molecular formula is C23H24ClNO5. The fraction of sp³-hybridized carbons (Fsp3) is 0.261. The molecule has 6 nitrogen and oxygen atoms in total. The maximum absolute atomic E-state index is 12.2. The van der Waals surface area contributed by atoms with Gasteiger partial charge in [-0.25, -0.2) is 0 Å². The number of ether oxygens (including phenoxy) is 4. The van der Waals surface area contributed by atoms with E-state index in [1.165, 1.54) is 6.07 Å². The Hall–Kier alpha value is -3.12. The van der Waals surface area contributed by atoms with Gasteiger partial charge in [-0.3, -0.25) is 4.79 Å². The van der Waals surface area contributed by atoms with Crippen molar-refractivity contribution in [2.75, 3.05) is 26.9 Å². The van der Waals surface area contributed by atoms with Crippen LogP contribution >= 0.6 is 11.6 Å². The van der Waals surface area contributed by atoms with Crippen LogP contribution in [0.15, 0.2) is 65.6 Å². The van der Waals surface area contributed by atoms with Crippen molar-refractivity contribution in [3.05, 3.63) is 81.7 Å². The molecule has 0 saturated carbocycles. The normalized spacial score (nSPS) is 10.5. The molecule has 0 saturated heterocycles. The van der Waals surface area contributed by atoms with Crippen LogP contribution in [0.3, 0.4) is 0 Å². The van der Waals surface area contributed by atoms with Crippen molar-refractivity contribution in [3.8, 4) is 23.0 Å². The first kappa shape index (κ1) is 21.6. The van der Waals surface area contributed by atoms with E-state index in [-0.39, 0.29) is 12.0 Å². The molecule has 0 N–H and O–H groups in total. The number of rotatable bonds is 10. The number of halogens is 1. The van der Waals surface area contributed by atoms with Crippen LogP contribution in [0, 0.1) is 6.92 Å². The lowest BCUT2D eigenvalue weighted by molar-refractivity contribution is 0.213. The zero-order valence-electron chi connectivity index (χ0n) is 17.0. The summed E-state index contributed by atoms with van der Waals surface area (Å²) in [6, 6.07) is 16.0. The van der Waals surface area contributed by atoms with Crippen LogP contribution in [0.25, 0.3) is 0 Å². The highest BCUT2D eigenvalue weighted by Gasteiger charge is 2.09. The third-order valence-electron chi connectivity index (χ3n) is 4.46. The molecule has 0 radical (unpaired) electrons. The van der Waals surface area contributed by atoms with Crippen molar-refractivity contribution in [1.29, 1.82) is 0 Å². The van der Waals surface area contributed by atoms with E-state index in [0.717, 1.165) is 17.2 Å². The van der Waals surface area contributed by atoms with Crippen LogP contribution in [0.1, 0.15) is 5.69 Å². The Morgan fingerprint density at radius 2 is 1.37 bits per heavy atom. The molecule has 0 aliphatic rings. The van der Waals surface area contributed by atoms with E-state index < -0.39 is 0 Å². The second-order valence-electron chi connectivity index (χ2n) is 6.46. The van der Waals surface area contributed by atoms with Crippen molar-refractivity contribution in [1.82, 2.24) is 4.57 Å². The zero-order chi connectivity index (χ0) is 21.3. The van der Waals surface area contributed by atoms with Gasteiger partial charge in [0, 0.05) is 17.3 Å². The van der Waals surface area contributed by atoms with Crippen molar-refractivity contribution in [3.63, 3.8) is 0 Å². The van der Waals surface area contributed by atoms with Gasteiger partial charge in [0.25, 0.3) is 0 Å². The van der Waals surface area contributed by atoms with Gasteiger partial charge in [0.1, 0.15) is 37.1 Å². The first-order chi connectivity index (χ1) is 14.6. The van der Waals surface area contributed by atoms with Crippen LogP contribution in [0.5, 0.6) is 23.0 Å². The van der Waals surface area contributed by atoms with E-state index in [4.69, 9.17) is 30.5 Å². The molecular weight excluding hydrogens is 406 g/mol. The first-order valence-electron chi connectivity index (χ1n) is 9.55. The Morgan fingerprint density at radius 3 is 2.03 bits per heavy atom. The number of pyridine rings is 1. The van der Waals surface area contributed by atoms with Crippen LogP contribution in [-0.4, -0.2) is 31.5 Å². The molecule has 1 aromatic heterocycles. The van der Waals surface area contributed by atoms with Gasteiger partial charge < -0.3 is 23.5 Å². The third kappa shape index (κ3) is 5.94. The highest BCUT2D eigenvalue weighted by atomic mass is 35.5. The zero-order valence-corrected chi connectivity index (χ0v) is 17.7. The molecule has 0 atom stereocenters. The highest BCUT2D eigenvalue weighted by molar-refractivity contribution is 6.30. The minimum Gasteiger partial charge on any atom is -0.497 e. The van der Waals surface area contributed by atoms with Crippen LogP contribution in [-0.2, 0) is 6.54 Å². The maximum atomic E-state index is 12.2. The van der Waals surface area contributed by atoms with E-state index in [2.05, 4.69) is 0 Å². The lowest BCUT2D eigenvalue weighted by Crippen LogP contribution is -2.19. The number of methoxy groups -OCH3 is 1. The summed E-state index contributed by atoms with van der Waals surface area (Å²) in [5.74, 6) is 2.55. The molecule has 0 fully saturated rings. The van der Waals surface area contributed by atoms with Crippen molar-refractivity contribution in [2.45, 2.75) is 13.5 Å². The second-order valence-corrected chi connectivity index (χ2v) is 6.90. The molecule has 158 valence electrons. The van der Waals surface area contributed by atoms with E-state index in [0.29, 0.717) is 36.3 Å². The minimum atomic E-state index is -0.161. The molecule has 3 rings (SSSR count). The molecule has 0 bridgehead atoms. The summed E-state index contributed by atoms with van der Waals surface area (Å²) >= 11 is 5.85. The summed E-state index contributed by atoms with van der Waals surface area (Å²) in [4.78, 5) is 12.2. The molecule has 2 aromatic carbocycles. The SMILES string of the molecule is COc1ccc(OCCn2ccc(=O)c(OCCOc3ccc(Cl)cc3)c2C)cc1. The van der Waals surface area contributed by atoms with Gasteiger partial charge in [-0.2, -0.15) is 0 Å². The van der Waals surface area contributed by atoms with E-state index in [9.17, 15) is 4.79 Å². The Morgan fingerprint density at radius 1 is 0.800 bits per heavy atom. The number of aromatic nitrogens is 1. The number of nitrogens with zero attached hydrogens (tertiary/aromatic N) is 1. The fourth-order valence-corrected chi connectivity index (χ4v) is 2.97. The summed E-state index contributed by atoms with van der Waals surface area (Å²) in [6.07, 6.45) is 1.74. The molecule has 0 spiro atoms. The summed E-state index contributed by atoms with van der Waals surface area (Å²) < 4.78 is 24.1. The molecule has 3 aromatic rings. The number of hydrogen-bond donors (Lipinski definition) is 0. The number of benzene rings is 2. The smallest absolute Gasteiger partial charge is 0.223 e. The van der Waals surface area contributed by atoms with Crippen molar-refractivity contribution < 1.29 is 18.9 Å². The van der Waals surface area contributed by atoms with Gasteiger partial charge in [-0.05, 0) is 55.5 Å². The monoisotopic (exact) mass is 429 g/mol. The number of hydrogen-bond acceptors (Lipinski definition) is 5. The van der Waals surface area contributed by atoms with Gasteiger partial charge in [0.05, 0.1) is 19.3 Å². The molecule has 30 heavy (non-hydrogen) atoms. The van der Waals surface area contributed by atoms with E-state index >= 15 is 0 Å². The van der Waals surface area contributed by atoms with Crippen molar-refractivity contribution >= 4 is 11.6 Å². The van der Waals surface area contributed by atoms with Crippen molar-refractivity contribution in [2.24, 2.45) is 0 Å². The van der Waals surface area contributed by atoms with Gasteiger partial charge in [0.2, 0.25) is 5.43 Å². The van der Waals surface area contributed by atoms with E-state index in [1.54, 1.807) is 37.6 Å². The molecule has 0 amide bonds. The van der Waals surface area contributed by atoms with Crippen LogP contribution < -0.4 is 24.4 Å². The molecule has 7 heteroatoms. The minimum absolute atomic E-state index is 0.161. The molecule has 0 aliphatic heterocycles. The van der Waals surface area contributed by atoms with Gasteiger partial charge in [-0.1, -0.05) is 11.6 Å². The molecule has 0 aliphatic carbocycles. The van der Waals surface area contributed by atoms with Gasteiger partial charge in [0.15, 0.2) is 5.75 Å². The average molecular weight is 430 g/mol. The summed E-state index contributed by atoms with van der Waals surface area (Å²) in [7, 11) is 1.62. The molecule has 1 heterocycles. The van der Waals surface area contributed by atoms with Crippen LogP contribution in [0.2, 0.25) is 5.02 Å². The summed E-state index contributed by atoms with van der Waals surface area (Å²) in [5, 5.41) is 0.648. The summed E-state index contributed by atoms with van der Waals surface area (Å²) in [6.45, 7) is 3.45. The standard InChI is InChI=1S/C23H24ClNO5/c1-17-23(30-16-15-29-20-5-3-18(24)4-6-20)22(26)11-12-25(17)13-14-28-21-9-7-19(27-2)8-10-21/h3-12H,13-16H2,1-2H3. The lowest BCUT2D eigenvalue weighted by Gasteiger charge is -2.15. The Bertz CT molecular complexity index is 1000. The molecule has 0 unspecified atom stereocenters. The largest absolute Gasteiger partial charge is 0.497 e. The second kappa shape index (κ2) is 10.6. The van der Waals surface area contributed by atoms with E-state index in [1.807, 2.05) is 35.8 Å². The Balaban J connectivity index is 1.52. The highest BCUT2D eigenvalue weighted by Crippen LogP contribution is 2.18. The predicted molar refractivity (Wildman–Crippen MR) is 116 cm³/mol. The Kier molecular flexibility index (Phi) is 7.63. The maximum Gasteiger partial charge on any atom is 0.223 e. The first-order valence-corrected chi connectivity index (χ1v) is 9.92. The van der Waals surface area contributed by atoms with Gasteiger partial charge in [-0.15, -0.1) is 0 Å². The predicted octanol–water partition coefficient (Wildman–Crippen LogP) is 4.36. The third-order valence-corrected chi connectivity index (χ3v) is 4.71. The fourth-order valence-electron chi connectivity index (χ4n) is 2.84. The topological polar surface area (TPSA) is 58.9 Å². The van der Waals surface area contributed by atoms with Gasteiger partial charge >= 0.3 is 0 Å².